The molecule has 8 heteroatoms. The molecule has 0 radical (unpaired) electrons. The first kappa shape index (κ1) is 12.9. The van der Waals surface area contributed by atoms with E-state index in [1.165, 1.54) is 6.07 Å². The van der Waals surface area contributed by atoms with Gasteiger partial charge in [0.2, 0.25) is 0 Å². The zero-order chi connectivity index (χ0) is 12.5. The Morgan fingerprint density at radius 2 is 2.06 bits per heavy atom. The van der Waals surface area contributed by atoms with Crippen molar-refractivity contribution in [1.82, 2.24) is 0 Å². The summed E-state index contributed by atoms with van der Waals surface area (Å²) in [6.07, 6.45) is 0.402. The highest BCUT2D eigenvalue weighted by molar-refractivity contribution is 7.86. The maximum Gasteiger partial charge on any atom is 0.302 e. The van der Waals surface area contributed by atoms with Crippen molar-refractivity contribution >= 4 is 27.4 Å². The lowest BCUT2D eigenvalue weighted by Crippen LogP contribution is -2.05. The van der Waals surface area contributed by atoms with Crippen molar-refractivity contribution in [3.05, 3.63) is 32.8 Å². The van der Waals surface area contributed by atoms with Crippen LogP contribution in [0.5, 0.6) is 0 Å². The van der Waals surface area contributed by atoms with Gasteiger partial charge in [0.1, 0.15) is 0 Å². The van der Waals surface area contributed by atoms with Crippen molar-refractivity contribution in [3.8, 4) is 0 Å². The van der Waals surface area contributed by atoms with E-state index in [0.29, 0.717) is 12.0 Å². The molecule has 88 valence electrons. The van der Waals surface area contributed by atoms with Gasteiger partial charge in [-0.15, -0.1) is 0 Å². The largest absolute Gasteiger partial charge is 0.302 e. The first-order chi connectivity index (χ1) is 7.29. The van der Waals surface area contributed by atoms with Gasteiger partial charge >= 0.3 is 10.1 Å². The molecular weight excluding hydrogens is 258 g/mol. The molecule has 0 bridgehead atoms. The zero-order valence-corrected chi connectivity index (χ0v) is 9.75. The minimum Gasteiger partial charge on any atom is -0.282 e. The molecule has 0 unspecified atom stereocenters. The number of nitro benzene ring substituents is 1. The van der Waals surface area contributed by atoms with Crippen LogP contribution < -0.4 is 0 Å². The monoisotopic (exact) mass is 265 g/mol. The SMILES string of the molecule is CCc1ccc([N+](=O)[O-])c(S(=O)(=O)O)c1Cl. The fourth-order valence-electron chi connectivity index (χ4n) is 1.25. The second-order valence-electron chi connectivity index (χ2n) is 2.97. The molecule has 0 fully saturated rings. The Hall–Kier alpha value is -1.18. The zero-order valence-electron chi connectivity index (χ0n) is 8.18. The van der Waals surface area contributed by atoms with Gasteiger partial charge in [0.05, 0.1) is 9.95 Å². The Balaban J connectivity index is 3.70. The van der Waals surface area contributed by atoms with Crippen molar-refractivity contribution in [2.45, 2.75) is 18.2 Å². The van der Waals surface area contributed by atoms with E-state index in [1.54, 1.807) is 6.92 Å². The molecule has 0 aromatic heterocycles. The lowest BCUT2D eigenvalue weighted by atomic mass is 10.1. The van der Waals surface area contributed by atoms with E-state index in [0.717, 1.165) is 6.07 Å². The molecule has 0 aliphatic rings. The quantitative estimate of drug-likeness (QED) is 0.512. The van der Waals surface area contributed by atoms with Crippen LogP contribution in [0.15, 0.2) is 17.0 Å². The molecule has 0 heterocycles. The van der Waals surface area contributed by atoms with Crippen molar-refractivity contribution in [2.75, 3.05) is 0 Å². The molecule has 0 atom stereocenters. The van der Waals surface area contributed by atoms with Gasteiger partial charge < -0.3 is 0 Å². The number of nitro groups is 1. The molecule has 16 heavy (non-hydrogen) atoms. The summed E-state index contributed by atoms with van der Waals surface area (Å²) < 4.78 is 30.9. The number of benzene rings is 1. The first-order valence-electron chi connectivity index (χ1n) is 4.22. The van der Waals surface area contributed by atoms with Crippen LogP contribution >= 0.6 is 11.6 Å². The number of nitrogens with zero attached hydrogens (tertiary/aromatic N) is 1. The van der Waals surface area contributed by atoms with Crippen molar-refractivity contribution in [2.24, 2.45) is 0 Å². The first-order valence-corrected chi connectivity index (χ1v) is 6.04. The van der Waals surface area contributed by atoms with Crippen LogP contribution in [0.3, 0.4) is 0 Å². The fraction of sp³-hybridized carbons (Fsp3) is 0.250. The predicted molar refractivity (Wildman–Crippen MR) is 57.3 cm³/mol. The van der Waals surface area contributed by atoms with Crippen molar-refractivity contribution in [1.29, 1.82) is 0 Å². The average Bonchev–Trinajstić information content (AvgIpc) is 2.14. The minimum absolute atomic E-state index is 0.306. The van der Waals surface area contributed by atoms with Crippen LogP contribution in [0.2, 0.25) is 5.02 Å². The summed E-state index contributed by atoms with van der Waals surface area (Å²) in [5.41, 5.74) is -0.315. The third-order valence-corrected chi connectivity index (χ3v) is 3.46. The third kappa shape index (κ3) is 2.31. The summed E-state index contributed by atoms with van der Waals surface area (Å²) in [6.45, 7) is 1.71. The molecule has 0 aliphatic heterocycles. The predicted octanol–water partition coefficient (Wildman–Crippen LogP) is 2.06. The molecule has 0 aliphatic carbocycles. The van der Waals surface area contributed by atoms with Gasteiger partial charge in [0.25, 0.3) is 5.69 Å². The number of halogens is 1. The standard InChI is InChI=1S/C8H8ClNO5S/c1-2-5-3-4-6(10(11)12)8(7(5)9)16(13,14)15/h3-4H,2H2,1H3,(H,13,14,15). The molecule has 1 aromatic carbocycles. The molecule has 1 aromatic rings. The number of hydrogen-bond acceptors (Lipinski definition) is 4. The molecular formula is C8H8ClNO5S. The van der Waals surface area contributed by atoms with E-state index >= 15 is 0 Å². The summed E-state index contributed by atoms with van der Waals surface area (Å²) in [6, 6.07) is 2.36. The molecule has 0 spiro atoms. The van der Waals surface area contributed by atoms with Gasteiger partial charge in [0.15, 0.2) is 4.90 Å². The average molecular weight is 266 g/mol. The lowest BCUT2D eigenvalue weighted by molar-refractivity contribution is -0.387. The lowest BCUT2D eigenvalue weighted by Gasteiger charge is -2.06. The van der Waals surface area contributed by atoms with Gasteiger partial charge in [-0.3, -0.25) is 14.7 Å². The topological polar surface area (TPSA) is 97.5 Å². The maximum atomic E-state index is 11.0. The van der Waals surface area contributed by atoms with Crippen LogP contribution in [0.25, 0.3) is 0 Å². The second kappa shape index (κ2) is 4.36. The van der Waals surface area contributed by atoms with Gasteiger partial charge in [-0.05, 0) is 12.0 Å². The van der Waals surface area contributed by atoms with Gasteiger partial charge in [-0.2, -0.15) is 8.42 Å². The smallest absolute Gasteiger partial charge is 0.282 e. The van der Waals surface area contributed by atoms with Crippen molar-refractivity contribution in [3.63, 3.8) is 0 Å². The molecule has 0 saturated carbocycles. The normalized spacial score (nSPS) is 11.4. The van der Waals surface area contributed by atoms with Gasteiger partial charge in [0, 0.05) is 6.07 Å². The second-order valence-corrected chi connectivity index (χ2v) is 4.71. The summed E-state index contributed by atoms with van der Waals surface area (Å²) in [4.78, 5) is 8.83. The highest BCUT2D eigenvalue weighted by atomic mass is 35.5. The van der Waals surface area contributed by atoms with E-state index in [1.807, 2.05) is 0 Å². The number of aryl methyl sites for hydroxylation is 1. The van der Waals surface area contributed by atoms with E-state index < -0.39 is 25.6 Å². The van der Waals surface area contributed by atoms with E-state index in [4.69, 9.17) is 16.2 Å². The summed E-state index contributed by atoms with van der Waals surface area (Å²) in [5, 5.41) is 10.3. The Kier molecular flexibility index (Phi) is 3.51. The summed E-state index contributed by atoms with van der Waals surface area (Å²) in [5.74, 6) is 0. The number of rotatable bonds is 3. The Bertz CT molecular complexity index is 540. The van der Waals surface area contributed by atoms with Crippen LogP contribution in [0, 0.1) is 10.1 Å². The minimum atomic E-state index is -4.72. The summed E-state index contributed by atoms with van der Waals surface area (Å²) in [7, 11) is -4.72. The number of hydrogen-bond donors (Lipinski definition) is 1. The molecule has 0 saturated heterocycles. The van der Waals surface area contributed by atoms with E-state index in [2.05, 4.69) is 0 Å². The highest BCUT2D eigenvalue weighted by Crippen LogP contribution is 2.33. The van der Waals surface area contributed by atoms with Gasteiger partial charge in [-0.1, -0.05) is 24.6 Å². The Morgan fingerprint density at radius 1 is 1.50 bits per heavy atom. The van der Waals surface area contributed by atoms with Crippen LogP contribution in [-0.4, -0.2) is 17.9 Å². The molecule has 1 N–H and O–H groups in total. The van der Waals surface area contributed by atoms with E-state index in [9.17, 15) is 18.5 Å². The van der Waals surface area contributed by atoms with Crippen LogP contribution in [0.4, 0.5) is 5.69 Å². The fourth-order valence-corrected chi connectivity index (χ4v) is 2.60. The van der Waals surface area contributed by atoms with Crippen LogP contribution in [-0.2, 0) is 16.5 Å². The van der Waals surface area contributed by atoms with Crippen molar-refractivity contribution < 1.29 is 17.9 Å². The molecule has 1 rings (SSSR count). The molecule has 0 amide bonds. The van der Waals surface area contributed by atoms with Crippen LogP contribution in [0.1, 0.15) is 12.5 Å². The highest BCUT2D eigenvalue weighted by Gasteiger charge is 2.28. The Labute approximate surface area is 96.7 Å². The summed E-state index contributed by atoms with van der Waals surface area (Å²) >= 11 is 5.70. The maximum absolute atomic E-state index is 11.0. The molecule has 6 nitrogen and oxygen atoms in total. The van der Waals surface area contributed by atoms with E-state index in [-0.39, 0.29) is 5.02 Å². The van der Waals surface area contributed by atoms with Gasteiger partial charge in [-0.25, -0.2) is 0 Å². The Morgan fingerprint density at radius 3 is 2.44 bits per heavy atom. The third-order valence-electron chi connectivity index (χ3n) is 1.99.